The van der Waals surface area contributed by atoms with E-state index in [1.807, 2.05) is 0 Å². The zero-order valence-electron chi connectivity index (χ0n) is 14.1. The van der Waals surface area contributed by atoms with Crippen molar-refractivity contribution in [3.8, 4) is 0 Å². The van der Waals surface area contributed by atoms with Crippen LogP contribution in [0.4, 0.5) is 0 Å². The highest BCUT2D eigenvalue weighted by Gasteiger charge is 2.34. The van der Waals surface area contributed by atoms with Crippen molar-refractivity contribution in [3.63, 3.8) is 0 Å². The molecule has 4 heteroatoms. The molecular formula is C18H32N2O2. The van der Waals surface area contributed by atoms with E-state index in [1.54, 1.807) is 0 Å². The number of hydrogen-bond acceptors (Lipinski definition) is 3. The minimum atomic E-state index is -0.205. The zero-order valence-corrected chi connectivity index (χ0v) is 14.1. The highest BCUT2D eigenvalue weighted by atomic mass is 16.5. The van der Waals surface area contributed by atoms with Crippen molar-refractivity contribution in [2.24, 2.45) is 0 Å². The fourth-order valence-electron chi connectivity index (χ4n) is 4.31. The maximum absolute atomic E-state index is 12.8. The van der Waals surface area contributed by atoms with Gasteiger partial charge in [0.2, 0.25) is 0 Å². The third-order valence-corrected chi connectivity index (χ3v) is 5.69. The number of piperidine rings is 1. The Morgan fingerprint density at radius 1 is 1.05 bits per heavy atom. The van der Waals surface area contributed by atoms with Crippen LogP contribution < -0.4 is 0 Å². The molecule has 2 atom stereocenters. The molecule has 2 saturated heterocycles. The predicted octanol–water partition coefficient (Wildman–Crippen LogP) is 2.81. The summed E-state index contributed by atoms with van der Waals surface area (Å²) in [5.74, 6) is 0.244. The van der Waals surface area contributed by atoms with E-state index in [1.165, 1.54) is 45.2 Å². The molecule has 0 aromatic heterocycles. The van der Waals surface area contributed by atoms with Crippen molar-refractivity contribution in [1.29, 1.82) is 0 Å². The van der Waals surface area contributed by atoms with Crippen LogP contribution in [0.3, 0.4) is 0 Å². The molecule has 1 aliphatic carbocycles. The van der Waals surface area contributed by atoms with Gasteiger partial charge >= 0.3 is 0 Å². The molecule has 0 aromatic carbocycles. The Kier molecular flexibility index (Phi) is 5.75. The fraction of sp³-hybridized carbons (Fsp3) is 0.944. The molecule has 0 bridgehead atoms. The molecule has 22 heavy (non-hydrogen) atoms. The average Bonchev–Trinajstić information content (AvgIpc) is 3.24. The number of amides is 1. The fourth-order valence-corrected chi connectivity index (χ4v) is 4.31. The van der Waals surface area contributed by atoms with E-state index >= 15 is 0 Å². The van der Waals surface area contributed by atoms with Gasteiger partial charge in [-0.3, -0.25) is 9.69 Å². The lowest BCUT2D eigenvalue weighted by molar-refractivity contribution is -0.146. The Bertz CT molecular complexity index is 362. The van der Waals surface area contributed by atoms with Crippen molar-refractivity contribution in [1.82, 2.24) is 9.80 Å². The smallest absolute Gasteiger partial charge is 0.251 e. The van der Waals surface area contributed by atoms with Crippen molar-refractivity contribution >= 4 is 5.91 Å². The Balaban J connectivity index is 1.50. The number of carbonyl (C=O) groups is 1. The number of rotatable bonds is 5. The molecule has 3 fully saturated rings. The van der Waals surface area contributed by atoms with Crippen molar-refractivity contribution < 1.29 is 9.53 Å². The van der Waals surface area contributed by atoms with Gasteiger partial charge in [0.25, 0.3) is 5.91 Å². The lowest BCUT2D eigenvalue weighted by Gasteiger charge is -2.32. The summed E-state index contributed by atoms with van der Waals surface area (Å²) in [6.45, 7) is 6.37. The van der Waals surface area contributed by atoms with E-state index in [4.69, 9.17) is 4.74 Å². The largest absolute Gasteiger partial charge is 0.365 e. The van der Waals surface area contributed by atoms with Crippen LogP contribution in [-0.2, 0) is 9.53 Å². The first-order valence-electron chi connectivity index (χ1n) is 9.46. The lowest BCUT2D eigenvalue weighted by Crippen LogP contribution is -2.44. The molecule has 126 valence electrons. The third-order valence-electron chi connectivity index (χ3n) is 5.69. The summed E-state index contributed by atoms with van der Waals surface area (Å²) in [5.41, 5.74) is 0. The van der Waals surface area contributed by atoms with Crippen LogP contribution >= 0.6 is 0 Å². The molecule has 1 amide bonds. The van der Waals surface area contributed by atoms with E-state index in [0.29, 0.717) is 12.1 Å². The van der Waals surface area contributed by atoms with E-state index in [0.717, 1.165) is 38.8 Å². The van der Waals surface area contributed by atoms with Gasteiger partial charge in [-0.2, -0.15) is 0 Å². The van der Waals surface area contributed by atoms with Gasteiger partial charge in [0.05, 0.1) is 6.10 Å². The Labute approximate surface area is 135 Å². The SMILES string of the molecule is CC[C@@H](OC1CCCC1)C(=O)N1CC[C@H](N2CCCCC2)C1. The first-order valence-corrected chi connectivity index (χ1v) is 9.46. The van der Waals surface area contributed by atoms with Gasteiger partial charge < -0.3 is 9.64 Å². The summed E-state index contributed by atoms with van der Waals surface area (Å²) in [4.78, 5) is 17.5. The highest BCUT2D eigenvalue weighted by Crippen LogP contribution is 2.25. The zero-order chi connectivity index (χ0) is 15.4. The summed E-state index contributed by atoms with van der Waals surface area (Å²) in [5, 5.41) is 0. The van der Waals surface area contributed by atoms with Gasteiger partial charge in [-0.25, -0.2) is 0 Å². The summed E-state index contributed by atoms with van der Waals surface area (Å²) in [6.07, 6.45) is 10.9. The summed E-state index contributed by atoms with van der Waals surface area (Å²) in [6, 6.07) is 0.591. The van der Waals surface area contributed by atoms with Crippen molar-refractivity contribution in [2.75, 3.05) is 26.2 Å². The Morgan fingerprint density at radius 2 is 1.77 bits per heavy atom. The van der Waals surface area contributed by atoms with Gasteiger partial charge in [0.1, 0.15) is 6.10 Å². The number of nitrogens with zero attached hydrogens (tertiary/aromatic N) is 2. The van der Waals surface area contributed by atoms with Crippen LogP contribution in [0, 0.1) is 0 Å². The van der Waals surface area contributed by atoms with Crippen LogP contribution in [0.15, 0.2) is 0 Å². The molecule has 2 aliphatic heterocycles. The average molecular weight is 308 g/mol. The van der Waals surface area contributed by atoms with Crippen LogP contribution in [-0.4, -0.2) is 60.1 Å². The second-order valence-electron chi connectivity index (χ2n) is 7.26. The van der Waals surface area contributed by atoms with Crippen LogP contribution in [0.1, 0.15) is 64.7 Å². The van der Waals surface area contributed by atoms with Crippen LogP contribution in [0.25, 0.3) is 0 Å². The van der Waals surface area contributed by atoms with Gasteiger partial charge in [-0.15, -0.1) is 0 Å². The summed E-state index contributed by atoms with van der Waals surface area (Å²) >= 11 is 0. The number of hydrogen-bond donors (Lipinski definition) is 0. The van der Waals surface area contributed by atoms with Gasteiger partial charge in [0, 0.05) is 19.1 Å². The monoisotopic (exact) mass is 308 g/mol. The molecule has 0 unspecified atom stereocenters. The molecule has 3 rings (SSSR count). The molecule has 3 aliphatic rings. The first kappa shape index (κ1) is 16.3. The number of carbonyl (C=O) groups excluding carboxylic acids is 1. The normalized spacial score (nSPS) is 29.1. The summed E-state index contributed by atoms with van der Waals surface area (Å²) in [7, 11) is 0. The Morgan fingerprint density at radius 3 is 2.45 bits per heavy atom. The topological polar surface area (TPSA) is 32.8 Å². The molecular weight excluding hydrogens is 276 g/mol. The molecule has 1 saturated carbocycles. The number of ether oxygens (including phenoxy) is 1. The molecule has 2 heterocycles. The van der Waals surface area contributed by atoms with Gasteiger partial charge in [-0.05, 0) is 51.6 Å². The van der Waals surface area contributed by atoms with E-state index < -0.39 is 0 Å². The number of likely N-dealkylation sites (tertiary alicyclic amines) is 2. The van der Waals surface area contributed by atoms with Crippen molar-refractivity contribution in [3.05, 3.63) is 0 Å². The first-order chi connectivity index (χ1) is 10.8. The van der Waals surface area contributed by atoms with E-state index in [2.05, 4.69) is 16.7 Å². The van der Waals surface area contributed by atoms with Gasteiger partial charge in [-0.1, -0.05) is 26.2 Å². The molecule has 0 N–H and O–H groups in total. The molecule has 0 spiro atoms. The minimum absolute atomic E-state index is 0.205. The third kappa shape index (κ3) is 3.83. The van der Waals surface area contributed by atoms with E-state index in [-0.39, 0.29) is 12.0 Å². The minimum Gasteiger partial charge on any atom is -0.365 e. The Hall–Kier alpha value is -0.610. The molecule has 4 nitrogen and oxygen atoms in total. The van der Waals surface area contributed by atoms with Crippen LogP contribution in [0.5, 0.6) is 0 Å². The highest BCUT2D eigenvalue weighted by molar-refractivity contribution is 5.81. The standard InChI is InChI=1S/C18H32N2O2/c1-2-17(22-16-8-4-5-9-16)18(21)20-13-10-15(14-20)19-11-6-3-7-12-19/h15-17H,2-14H2,1H3/t15-,17+/m0/s1. The lowest BCUT2D eigenvalue weighted by atomic mass is 10.1. The summed E-state index contributed by atoms with van der Waals surface area (Å²) < 4.78 is 6.11. The van der Waals surface area contributed by atoms with Gasteiger partial charge in [0.15, 0.2) is 0 Å². The molecule has 0 aromatic rings. The molecule has 0 radical (unpaired) electrons. The second-order valence-corrected chi connectivity index (χ2v) is 7.26. The second kappa shape index (κ2) is 7.78. The van der Waals surface area contributed by atoms with E-state index in [9.17, 15) is 4.79 Å². The predicted molar refractivity (Wildman–Crippen MR) is 87.8 cm³/mol. The van der Waals surface area contributed by atoms with Crippen LogP contribution in [0.2, 0.25) is 0 Å². The maximum atomic E-state index is 12.8. The maximum Gasteiger partial charge on any atom is 0.251 e. The van der Waals surface area contributed by atoms with Crippen molar-refractivity contribution in [2.45, 2.75) is 83.0 Å². The quantitative estimate of drug-likeness (QED) is 0.783.